The molecule has 0 fully saturated rings. The van der Waals surface area contributed by atoms with Crippen LogP contribution in [0, 0.1) is 0 Å². The number of hydrogen-bond acceptors (Lipinski definition) is 4. The standard InChI is InChI=1S/C15H18N4O3/c1-15(2,3)11-6-4-10(5-7-11)14(22)16-12-8-19(18-17-12)9-13(20)21/h4-8H,9H2,1-3H3,(H,16,22)(H,20,21). The molecule has 7 nitrogen and oxygen atoms in total. The van der Waals surface area contributed by atoms with Gasteiger partial charge in [-0.05, 0) is 23.1 Å². The molecule has 1 amide bonds. The van der Waals surface area contributed by atoms with Gasteiger partial charge in [0.1, 0.15) is 6.54 Å². The zero-order valence-corrected chi connectivity index (χ0v) is 12.7. The van der Waals surface area contributed by atoms with Crippen molar-refractivity contribution in [3.8, 4) is 0 Å². The van der Waals surface area contributed by atoms with Crippen molar-refractivity contribution in [2.45, 2.75) is 32.7 Å². The first-order valence-electron chi connectivity index (χ1n) is 6.79. The summed E-state index contributed by atoms with van der Waals surface area (Å²) in [7, 11) is 0. The lowest BCUT2D eigenvalue weighted by Crippen LogP contribution is -2.14. The van der Waals surface area contributed by atoms with Gasteiger partial charge in [-0.2, -0.15) is 0 Å². The smallest absolute Gasteiger partial charge is 0.325 e. The Morgan fingerprint density at radius 3 is 2.41 bits per heavy atom. The quantitative estimate of drug-likeness (QED) is 0.899. The van der Waals surface area contributed by atoms with Crippen LogP contribution in [0.5, 0.6) is 0 Å². The summed E-state index contributed by atoms with van der Waals surface area (Å²) in [6, 6.07) is 7.32. The lowest BCUT2D eigenvalue weighted by atomic mass is 9.87. The van der Waals surface area contributed by atoms with Gasteiger partial charge < -0.3 is 10.4 Å². The van der Waals surface area contributed by atoms with Crippen molar-refractivity contribution in [2.24, 2.45) is 0 Å². The van der Waals surface area contributed by atoms with Crippen LogP contribution in [0.2, 0.25) is 0 Å². The zero-order chi connectivity index (χ0) is 16.3. The van der Waals surface area contributed by atoms with Crippen molar-refractivity contribution in [1.29, 1.82) is 0 Å². The van der Waals surface area contributed by atoms with Crippen molar-refractivity contribution in [3.63, 3.8) is 0 Å². The van der Waals surface area contributed by atoms with Crippen LogP contribution in [0.3, 0.4) is 0 Å². The van der Waals surface area contributed by atoms with Crippen LogP contribution in [0.25, 0.3) is 0 Å². The van der Waals surface area contributed by atoms with Crippen LogP contribution in [-0.2, 0) is 16.8 Å². The lowest BCUT2D eigenvalue weighted by Gasteiger charge is -2.18. The second-order valence-electron chi connectivity index (χ2n) is 5.98. The predicted octanol–water partition coefficient (Wildman–Crippen LogP) is 1.91. The molecule has 2 N–H and O–H groups in total. The Hall–Kier alpha value is -2.70. The van der Waals surface area contributed by atoms with E-state index in [4.69, 9.17) is 5.11 Å². The van der Waals surface area contributed by atoms with Gasteiger partial charge in [-0.25, -0.2) is 4.68 Å². The van der Waals surface area contributed by atoms with E-state index in [9.17, 15) is 9.59 Å². The molecule has 7 heteroatoms. The Balaban J connectivity index is 2.06. The average molecular weight is 302 g/mol. The number of aliphatic carboxylic acids is 1. The molecular weight excluding hydrogens is 284 g/mol. The third-order valence-corrected chi connectivity index (χ3v) is 3.09. The first-order valence-corrected chi connectivity index (χ1v) is 6.79. The van der Waals surface area contributed by atoms with E-state index in [0.29, 0.717) is 5.56 Å². The van der Waals surface area contributed by atoms with Crippen LogP contribution in [0.15, 0.2) is 30.5 Å². The normalized spacial score (nSPS) is 11.2. The number of rotatable bonds is 4. The third-order valence-electron chi connectivity index (χ3n) is 3.09. The zero-order valence-electron chi connectivity index (χ0n) is 12.7. The Morgan fingerprint density at radius 2 is 1.86 bits per heavy atom. The summed E-state index contributed by atoms with van der Waals surface area (Å²) >= 11 is 0. The molecule has 0 aliphatic carbocycles. The number of carbonyl (C=O) groups is 2. The van der Waals surface area contributed by atoms with Gasteiger partial charge in [-0.1, -0.05) is 38.1 Å². The van der Waals surface area contributed by atoms with Gasteiger partial charge in [0, 0.05) is 5.56 Å². The number of amides is 1. The van der Waals surface area contributed by atoms with Crippen LogP contribution >= 0.6 is 0 Å². The number of nitrogens with one attached hydrogen (secondary N) is 1. The van der Waals surface area contributed by atoms with E-state index in [1.54, 1.807) is 12.1 Å². The predicted molar refractivity (Wildman–Crippen MR) is 80.8 cm³/mol. The molecule has 1 heterocycles. The molecule has 0 aliphatic heterocycles. The summed E-state index contributed by atoms with van der Waals surface area (Å²) in [5, 5.41) is 18.6. The van der Waals surface area contributed by atoms with E-state index in [1.165, 1.54) is 6.20 Å². The van der Waals surface area contributed by atoms with Crippen LogP contribution in [0.1, 0.15) is 36.7 Å². The molecule has 1 aromatic heterocycles. The Morgan fingerprint density at radius 1 is 1.23 bits per heavy atom. The van der Waals surface area contributed by atoms with Crippen molar-refractivity contribution in [1.82, 2.24) is 15.0 Å². The summed E-state index contributed by atoms with van der Waals surface area (Å²) in [6.45, 7) is 6.00. The number of carboxylic acid groups (broad SMARTS) is 1. The monoisotopic (exact) mass is 302 g/mol. The lowest BCUT2D eigenvalue weighted by molar-refractivity contribution is -0.137. The molecule has 0 saturated heterocycles. The van der Waals surface area contributed by atoms with Gasteiger partial charge >= 0.3 is 5.97 Å². The second-order valence-corrected chi connectivity index (χ2v) is 5.98. The molecule has 0 aliphatic rings. The summed E-state index contributed by atoms with van der Waals surface area (Å²) in [5.74, 6) is -1.13. The Labute approximate surface area is 128 Å². The minimum atomic E-state index is -1.03. The largest absolute Gasteiger partial charge is 0.480 e. The van der Waals surface area contributed by atoms with E-state index in [2.05, 4.69) is 36.4 Å². The number of benzene rings is 1. The maximum absolute atomic E-state index is 12.1. The molecule has 0 unspecified atom stereocenters. The molecule has 22 heavy (non-hydrogen) atoms. The topological polar surface area (TPSA) is 97.1 Å². The first kappa shape index (κ1) is 15.7. The van der Waals surface area contributed by atoms with Crippen LogP contribution < -0.4 is 5.32 Å². The van der Waals surface area contributed by atoms with Crippen LogP contribution in [-0.4, -0.2) is 32.0 Å². The Bertz CT molecular complexity index is 684. The number of nitrogens with zero attached hydrogens (tertiary/aromatic N) is 3. The van der Waals surface area contributed by atoms with E-state index < -0.39 is 5.97 Å². The highest BCUT2D eigenvalue weighted by Crippen LogP contribution is 2.22. The average Bonchev–Trinajstić information content (AvgIpc) is 2.84. The Kier molecular flexibility index (Phi) is 4.25. The summed E-state index contributed by atoms with van der Waals surface area (Å²) in [5.41, 5.74) is 1.66. The highest BCUT2D eigenvalue weighted by atomic mass is 16.4. The van der Waals surface area contributed by atoms with E-state index in [-0.39, 0.29) is 23.7 Å². The maximum Gasteiger partial charge on any atom is 0.325 e. The van der Waals surface area contributed by atoms with Crippen molar-refractivity contribution in [3.05, 3.63) is 41.6 Å². The van der Waals surface area contributed by atoms with Gasteiger partial charge in [0.05, 0.1) is 6.20 Å². The number of hydrogen-bond donors (Lipinski definition) is 2. The summed E-state index contributed by atoms with van der Waals surface area (Å²) < 4.78 is 1.14. The van der Waals surface area contributed by atoms with Gasteiger partial charge in [0.15, 0.2) is 5.82 Å². The van der Waals surface area contributed by atoms with E-state index in [1.807, 2.05) is 12.1 Å². The molecule has 2 aromatic rings. The van der Waals surface area contributed by atoms with Gasteiger partial charge in [0.2, 0.25) is 0 Å². The van der Waals surface area contributed by atoms with Gasteiger partial charge in [-0.3, -0.25) is 9.59 Å². The minimum Gasteiger partial charge on any atom is -0.480 e. The third kappa shape index (κ3) is 3.91. The maximum atomic E-state index is 12.1. The van der Waals surface area contributed by atoms with Crippen molar-refractivity contribution >= 4 is 17.7 Å². The summed E-state index contributed by atoms with van der Waals surface area (Å²) in [4.78, 5) is 22.7. The number of carboxylic acids is 1. The highest BCUT2D eigenvalue weighted by Gasteiger charge is 2.15. The fraction of sp³-hybridized carbons (Fsp3) is 0.333. The second kappa shape index (κ2) is 5.97. The van der Waals surface area contributed by atoms with E-state index in [0.717, 1.165) is 10.2 Å². The van der Waals surface area contributed by atoms with Gasteiger partial charge in [0.25, 0.3) is 5.91 Å². The number of anilines is 1. The van der Waals surface area contributed by atoms with Crippen LogP contribution in [0.4, 0.5) is 5.82 Å². The number of carbonyl (C=O) groups excluding carboxylic acids is 1. The molecule has 0 saturated carbocycles. The molecule has 0 atom stereocenters. The minimum absolute atomic E-state index is 0.0224. The molecule has 0 radical (unpaired) electrons. The summed E-state index contributed by atoms with van der Waals surface area (Å²) in [6.07, 6.45) is 1.37. The van der Waals surface area contributed by atoms with Crippen molar-refractivity contribution < 1.29 is 14.7 Å². The van der Waals surface area contributed by atoms with Crippen molar-refractivity contribution in [2.75, 3.05) is 5.32 Å². The molecule has 0 bridgehead atoms. The first-order chi connectivity index (χ1) is 10.3. The highest BCUT2D eigenvalue weighted by molar-refractivity contribution is 6.03. The molecule has 2 rings (SSSR count). The molecule has 1 aromatic carbocycles. The van der Waals surface area contributed by atoms with E-state index >= 15 is 0 Å². The fourth-order valence-corrected chi connectivity index (χ4v) is 1.88. The number of aromatic nitrogens is 3. The van der Waals surface area contributed by atoms with Gasteiger partial charge in [-0.15, -0.1) is 5.10 Å². The molecule has 0 spiro atoms. The fourth-order valence-electron chi connectivity index (χ4n) is 1.88. The molecule has 116 valence electrons. The molecular formula is C15H18N4O3. The SMILES string of the molecule is CC(C)(C)c1ccc(C(=O)Nc2cn(CC(=O)O)nn2)cc1.